The fraction of sp³-hybridized carbons (Fsp3) is 0.462. The third-order valence-corrected chi connectivity index (χ3v) is 2.69. The molecule has 1 aromatic rings. The van der Waals surface area contributed by atoms with Crippen LogP contribution in [0, 0.1) is 0 Å². The van der Waals surface area contributed by atoms with Gasteiger partial charge < -0.3 is 14.8 Å². The van der Waals surface area contributed by atoms with E-state index in [9.17, 15) is 19.5 Å². The maximum Gasteiger partial charge on any atom is 0.258 e. The van der Waals surface area contributed by atoms with Crippen LogP contribution in [0.15, 0.2) is 18.3 Å². The number of ketones is 1. The highest BCUT2D eigenvalue weighted by Crippen LogP contribution is 2.12. The predicted molar refractivity (Wildman–Crippen MR) is 70.7 cm³/mol. The molecule has 0 saturated carbocycles. The molecule has 20 heavy (non-hydrogen) atoms. The second-order valence-electron chi connectivity index (χ2n) is 5.38. The molecule has 1 aromatic heterocycles. The maximum atomic E-state index is 11.9. The van der Waals surface area contributed by atoms with E-state index >= 15 is 0 Å². The first-order valence-electron chi connectivity index (χ1n) is 6.09. The van der Waals surface area contributed by atoms with E-state index in [1.807, 2.05) is 0 Å². The largest absolute Gasteiger partial charge is 0.530 e. The molecule has 0 aliphatic rings. The van der Waals surface area contributed by atoms with Crippen molar-refractivity contribution in [3.63, 3.8) is 0 Å². The lowest BCUT2D eigenvalue weighted by Gasteiger charge is -2.37. The zero-order chi connectivity index (χ0) is 15.5. The van der Waals surface area contributed by atoms with Crippen LogP contribution in [0.2, 0.25) is 0 Å². The molecule has 0 unspecified atom stereocenters. The molecule has 0 atom stereocenters. The molecule has 1 heterocycles. The monoisotopic (exact) mass is 280 g/mol. The normalized spacial score (nSPS) is 11.0. The van der Waals surface area contributed by atoms with Gasteiger partial charge in [-0.05, 0) is 32.9 Å². The number of rotatable bonds is 4. The molecular formula is C13H18N3O4-. The van der Waals surface area contributed by atoms with Crippen molar-refractivity contribution in [2.24, 2.45) is 0 Å². The molecule has 1 N–H and O–H groups in total. The number of hydrogen-bond donors (Lipinski definition) is 1. The van der Waals surface area contributed by atoms with Crippen molar-refractivity contribution in [2.75, 3.05) is 12.0 Å². The van der Waals surface area contributed by atoms with Crippen LogP contribution in [0.5, 0.6) is 0 Å². The number of carbonyl (C=O) groups is 3. The lowest BCUT2D eigenvalue weighted by molar-refractivity contribution is -0.270. The Labute approximate surface area is 117 Å². The number of carboxylic acid groups (broad SMARTS) is 1. The second-order valence-corrected chi connectivity index (χ2v) is 5.38. The summed E-state index contributed by atoms with van der Waals surface area (Å²) in [7, 11) is 0. The second kappa shape index (κ2) is 5.77. The van der Waals surface area contributed by atoms with Crippen LogP contribution in [0.4, 0.5) is 4.79 Å². The van der Waals surface area contributed by atoms with Crippen molar-refractivity contribution in [1.82, 2.24) is 9.58 Å². The summed E-state index contributed by atoms with van der Waals surface area (Å²) in [5.74, 6) is -0.759. The molecule has 0 aliphatic carbocycles. The predicted octanol–water partition coefficient (Wildman–Crippen LogP) is 0.205. The summed E-state index contributed by atoms with van der Waals surface area (Å²) in [6.45, 7) is 5.98. The van der Waals surface area contributed by atoms with Crippen LogP contribution < -0.4 is 10.5 Å². The van der Waals surface area contributed by atoms with Crippen molar-refractivity contribution in [1.29, 1.82) is 0 Å². The summed E-state index contributed by atoms with van der Waals surface area (Å²) in [4.78, 5) is 35.1. The van der Waals surface area contributed by atoms with E-state index in [0.717, 1.165) is 4.90 Å². The highest BCUT2D eigenvalue weighted by Gasteiger charge is 2.23. The first kappa shape index (κ1) is 15.7. The van der Waals surface area contributed by atoms with E-state index in [1.165, 1.54) is 17.8 Å². The van der Waals surface area contributed by atoms with Crippen LogP contribution in [-0.2, 0) is 4.79 Å². The number of amides is 2. The van der Waals surface area contributed by atoms with Gasteiger partial charge in [0.05, 0.1) is 0 Å². The molecule has 0 spiro atoms. The van der Waals surface area contributed by atoms with Crippen molar-refractivity contribution in [3.05, 3.63) is 24.0 Å². The Bertz CT molecular complexity index is 528. The van der Waals surface area contributed by atoms with Gasteiger partial charge in [-0.25, -0.2) is 0 Å². The van der Waals surface area contributed by atoms with Gasteiger partial charge in [-0.1, -0.05) is 0 Å². The summed E-state index contributed by atoms with van der Waals surface area (Å²) in [6.07, 6.45) is 0.0849. The van der Waals surface area contributed by atoms with E-state index in [2.05, 4.69) is 5.43 Å². The standard InChI is InChI=1S/C13H19N3O4/c1-9(17)10-6-5-7-16(10)14-11(18)8-15(12(19)20)13(2,3)4/h5-7H,8H2,1-4H3,(H,14,18)(H,19,20)/p-1. The minimum Gasteiger partial charge on any atom is -0.530 e. The highest BCUT2D eigenvalue weighted by atomic mass is 16.4. The summed E-state index contributed by atoms with van der Waals surface area (Å²) in [5.41, 5.74) is 2.01. The molecule has 2 amide bonds. The molecule has 1 rings (SSSR count). The van der Waals surface area contributed by atoms with Gasteiger partial charge in [-0.3, -0.25) is 19.7 Å². The van der Waals surface area contributed by atoms with Crippen LogP contribution in [0.25, 0.3) is 0 Å². The molecule has 7 heteroatoms. The van der Waals surface area contributed by atoms with Gasteiger partial charge in [0, 0.05) is 18.7 Å². The quantitative estimate of drug-likeness (QED) is 0.797. The van der Waals surface area contributed by atoms with Crippen molar-refractivity contribution in [3.8, 4) is 0 Å². The molecule has 0 aliphatic heterocycles. The van der Waals surface area contributed by atoms with Gasteiger partial charge >= 0.3 is 0 Å². The zero-order valence-electron chi connectivity index (χ0n) is 12.0. The number of aromatic nitrogens is 1. The van der Waals surface area contributed by atoms with Gasteiger partial charge in [0.25, 0.3) is 5.91 Å². The Morgan fingerprint density at radius 1 is 1.35 bits per heavy atom. The minimum atomic E-state index is -1.42. The smallest absolute Gasteiger partial charge is 0.258 e. The molecule has 110 valence electrons. The first-order valence-corrected chi connectivity index (χ1v) is 6.09. The average molecular weight is 280 g/mol. The molecule has 7 nitrogen and oxygen atoms in total. The molecule has 0 bridgehead atoms. The van der Waals surface area contributed by atoms with E-state index in [1.54, 1.807) is 32.9 Å². The Hall–Kier alpha value is -2.31. The zero-order valence-corrected chi connectivity index (χ0v) is 12.0. The first-order chi connectivity index (χ1) is 9.12. The molecular weight excluding hydrogens is 262 g/mol. The SMILES string of the molecule is CC(=O)c1cccn1NC(=O)CN(C(=O)[O-])C(C)(C)C. The third-order valence-electron chi connectivity index (χ3n) is 2.69. The van der Waals surface area contributed by atoms with Gasteiger partial charge in [-0.15, -0.1) is 0 Å². The van der Waals surface area contributed by atoms with Crippen LogP contribution in [0.3, 0.4) is 0 Å². The summed E-state index contributed by atoms with van der Waals surface area (Å²) in [6, 6.07) is 3.17. The Morgan fingerprint density at radius 3 is 2.40 bits per heavy atom. The summed E-state index contributed by atoms with van der Waals surface area (Å²) >= 11 is 0. The Balaban J connectivity index is 2.79. The van der Waals surface area contributed by atoms with Crippen LogP contribution in [0.1, 0.15) is 38.2 Å². The molecule has 0 saturated heterocycles. The van der Waals surface area contributed by atoms with Crippen molar-refractivity contribution in [2.45, 2.75) is 33.2 Å². The number of carbonyl (C=O) groups excluding carboxylic acids is 3. The van der Waals surface area contributed by atoms with E-state index in [0.29, 0.717) is 5.69 Å². The molecule has 0 radical (unpaired) electrons. The number of hydrogen-bond acceptors (Lipinski definition) is 4. The number of nitrogens with zero attached hydrogens (tertiary/aromatic N) is 2. The maximum absolute atomic E-state index is 11.9. The fourth-order valence-corrected chi connectivity index (χ4v) is 1.65. The number of Topliss-reactive ketones (excluding diaryl/α,β-unsaturated/α-hetero) is 1. The van der Waals surface area contributed by atoms with E-state index in [4.69, 9.17) is 0 Å². The van der Waals surface area contributed by atoms with E-state index < -0.39 is 17.5 Å². The topological polar surface area (TPSA) is 94.5 Å². The lowest BCUT2D eigenvalue weighted by atomic mass is 10.1. The summed E-state index contributed by atoms with van der Waals surface area (Å²) < 4.78 is 1.26. The Kier molecular flexibility index (Phi) is 4.54. The van der Waals surface area contributed by atoms with Gasteiger partial charge in [-0.2, -0.15) is 0 Å². The van der Waals surface area contributed by atoms with E-state index in [-0.39, 0.29) is 12.3 Å². The highest BCUT2D eigenvalue weighted by molar-refractivity contribution is 5.94. The Morgan fingerprint density at radius 2 is 1.95 bits per heavy atom. The third kappa shape index (κ3) is 3.84. The van der Waals surface area contributed by atoms with Gasteiger partial charge in [0.1, 0.15) is 18.3 Å². The molecule has 0 fully saturated rings. The average Bonchev–Trinajstić information content (AvgIpc) is 2.72. The van der Waals surface area contributed by atoms with Gasteiger partial charge in [0.15, 0.2) is 5.78 Å². The van der Waals surface area contributed by atoms with Crippen LogP contribution >= 0.6 is 0 Å². The van der Waals surface area contributed by atoms with Crippen LogP contribution in [-0.4, -0.2) is 39.4 Å². The van der Waals surface area contributed by atoms with Gasteiger partial charge in [0.2, 0.25) is 0 Å². The summed E-state index contributed by atoms with van der Waals surface area (Å²) in [5, 5.41) is 11.0. The minimum absolute atomic E-state index is 0.206. The number of nitrogens with one attached hydrogen (secondary N) is 1. The lowest BCUT2D eigenvalue weighted by Crippen LogP contribution is -2.54. The van der Waals surface area contributed by atoms with Crippen molar-refractivity contribution >= 4 is 17.8 Å². The van der Waals surface area contributed by atoms with Crippen molar-refractivity contribution < 1.29 is 19.5 Å². The fourth-order valence-electron chi connectivity index (χ4n) is 1.65. The molecule has 0 aromatic carbocycles.